The molecular formula is C11H17NO. The van der Waals surface area contributed by atoms with Gasteiger partial charge in [0, 0.05) is 12.8 Å². The fourth-order valence-corrected chi connectivity index (χ4v) is 1.90. The van der Waals surface area contributed by atoms with Crippen LogP contribution >= 0.6 is 0 Å². The first-order valence-corrected chi connectivity index (χ1v) is 5.16. The van der Waals surface area contributed by atoms with Crippen LogP contribution in [0.5, 0.6) is 0 Å². The summed E-state index contributed by atoms with van der Waals surface area (Å²) in [6.45, 7) is 4.45. The van der Waals surface area contributed by atoms with E-state index in [-0.39, 0.29) is 0 Å². The van der Waals surface area contributed by atoms with Crippen molar-refractivity contribution in [1.82, 2.24) is 5.32 Å². The molecule has 0 radical (unpaired) electrons. The van der Waals surface area contributed by atoms with Gasteiger partial charge in [-0.1, -0.05) is 6.92 Å². The summed E-state index contributed by atoms with van der Waals surface area (Å²) < 4.78 is 5.67. The molecule has 2 rings (SSSR count). The van der Waals surface area contributed by atoms with E-state index in [1.54, 1.807) is 0 Å². The zero-order valence-electron chi connectivity index (χ0n) is 8.18. The summed E-state index contributed by atoms with van der Waals surface area (Å²) >= 11 is 0. The molecule has 2 heteroatoms. The van der Waals surface area contributed by atoms with E-state index >= 15 is 0 Å². The van der Waals surface area contributed by atoms with Crippen molar-refractivity contribution in [3.8, 4) is 0 Å². The molecule has 0 aromatic carbocycles. The monoisotopic (exact) mass is 179 g/mol. The molecule has 0 spiro atoms. The maximum absolute atomic E-state index is 5.67. The molecule has 1 unspecified atom stereocenters. The van der Waals surface area contributed by atoms with Gasteiger partial charge in [-0.15, -0.1) is 0 Å². The molecule has 2 heterocycles. The molecular weight excluding hydrogens is 162 g/mol. The lowest BCUT2D eigenvalue weighted by Gasteiger charge is -2.04. The highest BCUT2D eigenvalue weighted by atomic mass is 16.3. The van der Waals surface area contributed by atoms with Gasteiger partial charge in [0.25, 0.3) is 0 Å². The van der Waals surface area contributed by atoms with Crippen LogP contribution in [0.3, 0.4) is 0 Å². The first kappa shape index (κ1) is 8.82. The van der Waals surface area contributed by atoms with Gasteiger partial charge in [-0.05, 0) is 37.6 Å². The Kier molecular flexibility index (Phi) is 2.69. The summed E-state index contributed by atoms with van der Waals surface area (Å²) in [5, 5.41) is 3.37. The maximum atomic E-state index is 5.67. The molecule has 1 aliphatic heterocycles. The second-order valence-electron chi connectivity index (χ2n) is 3.78. The van der Waals surface area contributed by atoms with Crippen molar-refractivity contribution >= 4 is 0 Å². The average molecular weight is 179 g/mol. The Hall–Kier alpha value is -0.760. The fraction of sp³-hybridized carbons (Fsp3) is 0.636. The summed E-state index contributed by atoms with van der Waals surface area (Å²) in [5.41, 5.74) is 0. The molecule has 72 valence electrons. The molecule has 1 aliphatic rings. The Morgan fingerprint density at radius 1 is 1.46 bits per heavy atom. The number of hydrogen-bond donors (Lipinski definition) is 1. The Bertz CT molecular complexity index is 261. The molecule has 1 aromatic rings. The van der Waals surface area contributed by atoms with Crippen LogP contribution in [-0.2, 0) is 12.8 Å². The summed E-state index contributed by atoms with van der Waals surface area (Å²) in [5.74, 6) is 3.06. The summed E-state index contributed by atoms with van der Waals surface area (Å²) in [6, 6.07) is 4.22. The fourth-order valence-electron chi connectivity index (χ4n) is 1.90. The second-order valence-corrected chi connectivity index (χ2v) is 3.78. The molecule has 0 amide bonds. The van der Waals surface area contributed by atoms with E-state index in [9.17, 15) is 0 Å². The van der Waals surface area contributed by atoms with Crippen LogP contribution in [0.15, 0.2) is 16.5 Å². The number of rotatable bonds is 3. The van der Waals surface area contributed by atoms with Crippen molar-refractivity contribution in [1.29, 1.82) is 0 Å². The van der Waals surface area contributed by atoms with E-state index in [0.29, 0.717) is 0 Å². The lowest BCUT2D eigenvalue weighted by atomic mass is 10.0. The lowest BCUT2D eigenvalue weighted by molar-refractivity contribution is 0.431. The Labute approximate surface area is 79.3 Å². The van der Waals surface area contributed by atoms with Crippen molar-refractivity contribution in [2.75, 3.05) is 13.1 Å². The molecule has 13 heavy (non-hydrogen) atoms. The van der Waals surface area contributed by atoms with Gasteiger partial charge in [0.05, 0.1) is 0 Å². The molecule has 1 atom stereocenters. The predicted molar refractivity (Wildman–Crippen MR) is 52.8 cm³/mol. The second kappa shape index (κ2) is 3.97. The van der Waals surface area contributed by atoms with Crippen LogP contribution in [0.25, 0.3) is 0 Å². The van der Waals surface area contributed by atoms with E-state index in [0.717, 1.165) is 36.8 Å². The number of furan rings is 1. The molecule has 0 bridgehead atoms. The largest absolute Gasteiger partial charge is 0.466 e. The zero-order chi connectivity index (χ0) is 9.10. The molecule has 1 fully saturated rings. The van der Waals surface area contributed by atoms with Crippen LogP contribution in [0, 0.1) is 5.92 Å². The quantitative estimate of drug-likeness (QED) is 0.767. The highest BCUT2D eigenvalue weighted by Gasteiger charge is 2.16. The number of nitrogens with one attached hydrogen (secondary N) is 1. The van der Waals surface area contributed by atoms with Gasteiger partial charge >= 0.3 is 0 Å². The van der Waals surface area contributed by atoms with Crippen molar-refractivity contribution in [2.45, 2.75) is 26.2 Å². The predicted octanol–water partition coefficient (Wildman–Crippen LogP) is 1.99. The molecule has 0 aliphatic carbocycles. The Morgan fingerprint density at radius 3 is 2.92 bits per heavy atom. The SMILES string of the molecule is CCc1ccc(CC2CCNC2)o1. The molecule has 0 saturated carbocycles. The first-order chi connectivity index (χ1) is 6.38. The summed E-state index contributed by atoms with van der Waals surface area (Å²) in [6.07, 6.45) is 3.40. The van der Waals surface area contributed by atoms with Crippen LogP contribution in [-0.4, -0.2) is 13.1 Å². The van der Waals surface area contributed by atoms with E-state index in [2.05, 4.69) is 24.4 Å². The van der Waals surface area contributed by atoms with Gasteiger partial charge in [-0.25, -0.2) is 0 Å². The van der Waals surface area contributed by atoms with E-state index in [1.807, 2.05) is 0 Å². The molecule has 1 saturated heterocycles. The third-order valence-corrected chi connectivity index (χ3v) is 2.72. The maximum Gasteiger partial charge on any atom is 0.104 e. The van der Waals surface area contributed by atoms with Crippen LogP contribution in [0.1, 0.15) is 24.9 Å². The molecule has 2 nitrogen and oxygen atoms in total. The van der Waals surface area contributed by atoms with Crippen molar-refractivity contribution < 1.29 is 4.42 Å². The molecule has 1 aromatic heterocycles. The number of hydrogen-bond acceptors (Lipinski definition) is 2. The minimum absolute atomic E-state index is 0.788. The van der Waals surface area contributed by atoms with E-state index in [1.165, 1.54) is 13.0 Å². The minimum Gasteiger partial charge on any atom is -0.466 e. The van der Waals surface area contributed by atoms with Crippen molar-refractivity contribution in [3.63, 3.8) is 0 Å². The minimum atomic E-state index is 0.788. The normalized spacial score (nSPS) is 22.4. The van der Waals surface area contributed by atoms with Crippen LogP contribution in [0.2, 0.25) is 0 Å². The molecule has 1 N–H and O–H groups in total. The van der Waals surface area contributed by atoms with Crippen LogP contribution < -0.4 is 5.32 Å². The van der Waals surface area contributed by atoms with Gasteiger partial charge in [0.1, 0.15) is 11.5 Å². The van der Waals surface area contributed by atoms with E-state index < -0.39 is 0 Å². The van der Waals surface area contributed by atoms with Gasteiger partial charge in [0.2, 0.25) is 0 Å². The Balaban J connectivity index is 1.92. The third kappa shape index (κ3) is 2.13. The summed E-state index contributed by atoms with van der Waals surface area (Å²) in [7, 11) is 0. The number of aryl methyl sites for hydroxylation is 1. The van der Waals surface area contributed by atoms with Gasteiger partial charge < -0.3 is 9.73 Å². The zero-order valence-corrected chi connectivity index (χ0v) is 8.18. The van der Waals surface area contributed by atoms with Crippen molar-refractivity contribution in [2.24, 2.45) is 5.92 Å². The average Bonchev–Trinajstić information content (AvgIpc) is 2.76. The lowest BCUT2D eigenvalue weighted by Crippen LogP contribution is -2.10. The van der Waals surface area contributed by atoms with E-state index in [4.69, 9.17) is 4.42 Å². The standard InChI is InChI=1S/C11H17NO/c1-2-10-3-4-11(13-10)7-9-5-6-12-8-9/h3-4,9,12H,2,5-8H2,1H3. The van der Waals surface area contributed by atoms with Crippen molar-refractivity contribution in [3.05, 3.63) is 23.7 Å². The Morgan fingerprint density at radius 2 is 2.31 bits per heavy atom. The van der Waals surface area contributed by atoms with Gasteiger partial charge in [-0.3, -0.25) is 0 Å². The first-order valence-electron chi connectivity index (χ1n) is 5.16. The highest BCUT2D eigenvalue weighted by Crippen LogP contribution is 2.17. The topological polar surface area (TPSA) is 25.2 Å². The van der Waals surface area contributed by atoms with Gasteiger partial charge in [-0.2, -0.15) is 0 Å². The smallest absolute Gasteiger partial charge is 0.104 e. The summed E-state index contributed by atoms with van der Waals surface area (Å²) in [4.78, 5) is 0. The third-order valence-electron chi connectivity index (χ3n) is 2.72. The van der Waals surface area contributed by atoms with Crippen LogP contribution in [0.4, 0.5) is 0 Å². The van der Waals surface area contributed by atoms with Gasteiger partial charge in [0.15, 0.2) is 0 Å². The highest BCUT2D eigenvalue weighted by molar-refractivity contribution is 5.08.